The molecule has 1 aromatic rings. The summed E-state index contributed by atoms with van der Waals surface area (Å²) in [5.74, 6) is 2.44. The van der Waals surface area contributed by atoms with Gasteiger partial charge in [-0.05, 0) is 37.1 Å². The summed E-state index contributed by atoms with van der Waals surface area (Å²) in [6.45, 7) is 9.76. The van der Waals surface area contributed by atoms with Gasteiger partial charge in [0.25, 0.3) is 0 Å². The number of nitrogen functional groups attached to an aromatic ring is 2. The Balaban J connectivity index is 1.92. The fourth-order valence-electron chi connectivity index (χ4n) is 3.69. The van der Waals surface area contributed by atoms with Crippen molar-refractivity contribution in [1.82, 2.24) is 15.3 Å². The van der Waals surface area contributed by atoms with E-state index in [2.05, 4.69) is 41.0 Å². The molecule has 2 aliphatic rings. The molecule has 0 bridgehead atoms. The second kappa shape index (κ2) is 5.57. The lowest BCUT2D eigenvalue weighted by Gasteiger charge is -2.26. The molecule has 2 aliphatic heterocycles. The maximum Gasteiger partial charge on any atom is 0.223 e. The number of nitrogens with two attached hydrogens (primary N) is 2. The van der Waals surface area contributed by atoms with Gasteiger partial charge >= 0.3 is 0 Å². The maximum absolute atomic E-state index is 6.17. The quantitative estimate of drug-likeness (QED) is 0.765. The van der Waals surface area contributed by atoms with E-state index in [1.807, 2.05) is 0 Å². The number of rotatable bonds is 2. The fourth-order valence-corrected chi connectivity index (χ4v) is 3.69. The van der Waals surface area contributed by atoms with Crippen LogP contribution in [0.2, 0.25) is 0 Å². The highest BCUT2D eigenvalue weighted by Gasteiger charge is 2.36. The van der Waals surface area contributed by atoms with Crippen LogP contribution < -0.4 is 21.7 Å². The SMILES string of the molecule is CC(C)(C)Cc1c(N)nc(N)nc1N1CC2CCCNC2C1. The van der Waals surface area contributed by atoms with Crippen molar-refractivity contribution in [1.29, 1.82) is 0 Å². The summed E-state index contributed by atoms with van der Waals surface area (Å²) in [6, 6.07) is 0.564. The zero-order valence-electron chi connectivity index (χ0n) is 13.9. The van der Waals surface area contributed by atoms with E-state index in [0.717, 1.165) is 37.4 Å². The number of hydrogen-bond donors (Lipinski definition) is 3. The molecule has 2 unspecified atom stereocenters. The van der Waals surface area contributed by atoms with E-state index in [-0.39, 0.29) is 11.4 Å². The fraction of sp³-hybridized carbons (Fsp3) is 0.750. The van der Waals surface area contributed by atoms with E-state index in [9.17, 15) is 0 Å². The van der Waals surface area contributed by atoms with Crippen molar-refractivity contribution < 1.29 is 0 Å². The van der Waals surface area contributed by atoms with Crippen LogP contribution in [0, 0.1) is 11.3 Å². The van der Waals surface area contributed by atoms with Crippen LogP contribution in [0.1, 0.15) is 39.2 Å². The van der Waals surface area contributed by atoms with Crippen LogP contribution in [0.3, 0.4) is 0 Å². The van der Waals surface area contributed by atoms with E-state index in [1.165, 1.54) is 12.8 Å². The van der Waals surface area contributed by atoms with Crippen LogP contribution in [0.5, 0.6) is 0 Å². The van der Waals surface area contributed by atoms with Crippen LogP contribution in [0.4, 0.5) is 17.6 Å². The normalized spacial score (nSPS) is 25.3. The van der Waals surface area contributed by atoms with Gasteiger partial charge in [0, 0.05) is 24.7 Å². The maximum atomic E-state index is 6.17. The van der Waals surface area contributed by atoms with E-state index in [1.54, 1.807) is 0 Å². The summed E-state index contributed by atoms with van der Waals surface area (Å²) < 4.78 is 0. The molecule has 6 nitrogen and oxygen atoms in total. The molecule has 0 spiro atoms. The molecule has 3 heterocycles. The van der Waals surface area contributed by atoms with E-state index in [4.69, 9.17) is 11.5 Å². The number of anilines is 3. The molecule has 22 heavy (non-hydrogen) atoms. The van der Waals surface area contributed by atoms with Gasteiger partial charge in [-0.15, -0.1) is 0 Å². The molecule has 2 saturated heterocycles. The molecule has 3 rings (SSSR count). The van der Waals surface area contributed by atoms with Crippen LogP contribution in [0.25, 0.3) is 0 Å². The van der Waals surface area contributed by atoms with Crippen molar-refractivity contribution in [2.45, 2.75) is 46.1 Å². The lowest BCUT2D eigenvalue weighted by Crippen LogP contribution is -2.40. The van der Waals surface area contributed by atoms with Gasteiger partial charge < -0.3 is 21.7 Å². The second-order valence-electron chi connectivity index (χ2n) is 7.87. The number of aromatic nitrogens is 2. The predicted molar refractivity (Wildman–Crippen MR) is 90.7 cm³/mol. The third-order valence-corrected chi connectivity index (χ3v) is 4.64. The summed E-state index contributed by atoms with van der Waals surface area (Å²) in [4.78, 5) is 11.1. The molecule has 0 radical (unpaired) electrons. The summed E-state index contributed by atoms with van der Waals surface area (Å²) in [7, 11) is 0. The monoisotopic (exact) mass is 304 g/mol. The van der Waals surface area contributed by atoms with E-state index in [0.29, 0.717) is 17.8 Å². The average Bonchev–Trinajstić information content (AvgIpc) is 2.84. The summed E-state index contributed by atoms with van der Waals surface area (Å²) in [6.07, 6.45) is 3.41. The Bertz CT molecular complexity index is 536. The predicted octanol–water partition coefficient (Wildman–Crippen LogP) is 1.42. The van der Waals surface area contributed by atoms with Gasteiger partial charge in [-0.3, -0.25) is 0 Å². The van der Waals surface area contributed by atoms with Crippen molar-refractivity contribution in [3.05, 3.63) is 5.56 Å². The summed E-state index contributed by atoms with van der Waals surface area (Å²) in [5.41, 5.74) is 13.2. The first-order valence-electron chi connectivity index (χ1n) is 8.24. The van der Waals surface area contributed by atoms with Crippen LogP contribution >= 0.6 is 0 Å². The lowest BCUT2D eigenvalue weighted by atomic mass is 9.88. The largest absolute Gasteiger partial charge is 0.383 e. The van der Waals surface area contributed by atoms with Gasteiger partial charge in [0.05, 0.1) is 0 Å². The van der Waals surface area contributed by atoms with Crippen molar-refractivity contribution >= 4 is 17.6 Å². The Hall–Kier alpha value is -1.56. The summed E-state index contributed by atoms with van der Waals surface area (Å²) in [5, 5.41) is 3.63. The highest BCUT2D eigenvalue weighted by molar-refractivity contribution is 5.60. The number of hydrogen-bond acceptors (Lipinski definition) is 6. The number of piperidine rings is 1. The first kappa shape index (κ1) is 15.3. The van der Waals surface area contributed by atoms with Crippen molar-refractivity contribution in [2.24, 2.45) is 11.3 Å². The number of nitrogens with one attached hydrogen (secondary N) is 1. The highest BCUT2D eigenvalue weighted by atomic mass is 15.3. The first-order valence-corrected chi connectivity index (χ1v) is 8.24. The standard InChI is InChI=1S/C16H28N6/c1-16(2,3)7-11-13(17)20-15(18)21-14(11)22-8-10-5-4-6-19-12(10)9-22/h10,12,19H,4-9H2,1-3H3,(H4,17,18,20,21). The minimum atomic E-state index is 0.132. The molecule has 5 N–H and O–H groups in total. The lowest BCUT2D eigenvalue weighted by molar-refractivity contribution is 0.340. The molecule has 2 atom stereocenters. The van der Waals surface area contributed by atoms with Gasteiger partial charge in [0.2, 0.25) is 5.95 Å². The minimum absolute atomic E-state index is 0.132. The Morgan fingerprint density at radius 1 is 1.23 bits per heavy atom. The second-order valence-corrected chi connectivity index (χ2v) is 7.87. The molecule has 6 heteroatoms. The Morgan fingerprint density at radius 3 is 2.68 bits per heavy atom. The Morgan fingerprint density at radius 2 is 2.00 bits per heavy atom. The van der Waals surface area contributed by atoms with Crippen LogP contribution in [-0.4, -0.2) is 35.6 Å². The molecule has 2 fully saturated rings. The van der Waals surface area contributed by atoms with E-state index < -0.39 is 0 Å². The molecular weight excluding hydrogens is 276 g/mol. The van der Waals surface area contributed by atoms with E-state index >= 15 is 0 Å². The van der Waals surface area contributed by atoms with Gasteiger partial charge in [-0.25, -0.2) is 0 Å². The number of fused-ring (bicyclic) bond motifs is 1. The molecule has 1 aromatic heterocycles. The third kappa shape index (κ3) is 3.11. The van der Waals surface area contributed by atoms with Gasteiger partial charge in [-0.2, -0.15) is 9.97 Å². The van der Waals surface area contributed by atoms with Gasteiger partial charge in [0.1, 0.15) is 11.6 Å². The number of nitrogens with zero attached hydrogens (tertiary/aromatic N) is 3. The first-order chi connectivity index (χ1) is 10.3. The molecule has 0 saturated carbocycles. The third-order valence-electron chi connectivity index (χ3n) is 4.64. The molecule has 0 aliphatic carbocycles. The highest BCUT2D eigenvalue weighted by Crippen LogP contribution is 2.35. The van der Waals surface area contributed by atoms with Crippen LogP contribution in [-0.2, 0) is 6.42 Å². The van der Waals surface area contributed by atoms with Gasteiger partial charge in [0.15, 0.2) is 0 Å². The zero-order chi connectivity index (χ0) is 15.9. The molecule has 0 aromatic carbocycles. The summed E-state index contributed by atoms with van der Waals surface area (Å²) >= 11 is 0. The smallest absolute Gasteiger partial charge is 0.223 e. The average molecular weight is 304 g/mol. The topological polar surface area (TPSA) is 93.1 Å². The molecular formula is C16H28N6. The molecule has 122 valence electrons. The Labute approximate surface area is 132 Å². The Kier molecular flexibility index (Phi) is 3.89. The van der Waals surface area contributed by atoms with Crippen molar-refractivity contribution in [2.75, 3.05) is 36.0 Å². The van der Waals surface area contributed by atoms with Crippen LogP contribution in [0.15, 0.2) is 0 Å². The minimum Gasteiger partial charge on any atom is -0.383 e. The molecule has 0 amide bonds. The van der Waals surface area contributed by atoms with Crippen molar-refractivity contribution in [3.8, 4) is 0 Å². The van der Waals surface area contributed by atoms with Gasteiger partial charge in [-0.1, -0.05) is 20.8 Å². The zero-order valence-corrected chi connectivity index (χ0v) is 13.9. The van der Waals surface area contributed by atoms with Crippen molar-refractivity contribution in [3.63, 3.8) is 0 Å².